The van der Waals surface area contributed by atoms with Crippen molar-refractivity contribution < 1.29 is 14.1 Å². The van der Waals surface area contributed by atoms with Gasteiger partial charge in [-0.1, -0.05) is 17.3 Å². The number of nitrogens with two attached hydrogens (primary N) is 1. The SMILES string of the molecule is COC(=O)Nc1cccc(-c2cnoc2N)c1. The van der Waals surface area contributed by atoms with E-state index >= 15 is 0 Å². The van der Waals surface area contributed by atoms with Crippen LogP contribution in [0.25, 0.3) is 11.1 Å². The summed E-state index contributed by atoms with van der Waals surface area (Å²) in [5.74, 6) is 0.236. The molecule has 2 aromatic rings. The summed E-state index contributed by atoms with van der Waals surface area (Å²) in [5.41, 5.74) is 7.70. The van der Waals surface area contributed by atoms with Crippen LogP contribution in [0.4, 0.5) is 16.4 Å². The van der Waals surface area contributed by atoms with Crippen LogP contribution in [0.1, 0.15) is 0 Å². The third kappa shape index (κ3) is 2.36. The first-order chi connectivity index (χ1) is 8.20. The van der Waals surface area contributed by atoms with E-state index in [0.29, 0.717) is 11.3 Å². The summed E-state index contributed by atoms with van der Waals surface area (Å²) in [5, 5.41) is 6.15. The summed E-state index contributed by atoms with van der Waals surface area (Å²) < 4.78 is 9.28. The average molecular weight is 233 g/mol. The highest BCUT2D eigenvalue weighted by Gasteiger charge is 2.08. The third-order valence-corrected chi connectivity index (χ3v) is 2.20. The van der Waals surface area contributed by atoms with Crippen LogP contribution in [-0.2, 0) is 4.74 Å². The van der Waals surface area contributed by atoms with E-state index in [9.17, 15) is 4.79 Å². The zero-order chi connectivity index (χ0) is 12.3. The van der Waals surface area contributed by atoms with Gasteiger partial charge in [-0.2, -0.15) is 0 Å². The van der Waals surface area contributed by atoms with Gasteiger partial charge in [0.05, 0.1) is 18.9 Å². The second-order valence-electron chi connectivity index (χ2n) is 3.30. The molecule has 2 rings (SSSR count). The predicted molar refractivity (Wildman–Crippen MR) is 62.4 cm³/mol. The van der Waals surface area contributed by atoms with E-state index in [1.165, 1.54) is 13.3 Å². The molecule has 0 bridgehead atoms. The second kappa shape index (κ2) is 4.56. The molecule has 6 heteroatoms. The van der Waals surface area contributed by atoms with E-state index in [1.54, 1.807) is 18.2 Å². The Balaban J connectivity index is 2.29. The number of rotatable bonds is 2. The van der Waals surface area contributed by atoms with Crippen LogP contribution in [0.5, 0.6) is 0 Å². The van der Waals surface area contributed by atoms with Crippen LogP contribution in [0.15, 0.2) is 35.0 Å². The van der Waals surface area contributed by atoms with Crippen molar-refractivity contribution in [1.29, 1.82) is 0 Å². The maximum atomic E-state index is 11.1. The van der Waals surface area contributed by atoms with Crippen LogP contribution < -0.4 is 11.1 Å². The minimum absolute atomic E-state index is 0.236. The lowest BCUT2D eigenvalue weighted by atomic mass is 10.1. The van der Waals surface area contributed by atoms with E-state index in [1.807, 2.05) is 6.07 Å². The first kappa shape index (κ1) is 11.0. The molecule has 0 radical (unpaired) electrons. The van der Waals surface area contributed by atoms with Gasteiger partial charge < -0.3 is 15.0 Å². The van der Waals surface area contributed by atoms with E-state index < -0.39 is 6.09 Å². The molecule has 3 N–H and O–H groups in total. The molecule has 0 spiro atoms. The van der Waals surface area contributed by atoms with E-state index in [4.69, 9.17) is 10.3 Å². The van der Waals surface area contributed by atoms with Crippen LogP contribution in [-0.4, -0.2) is 18.4 Å². The highest BCUT2D eigenvalue weighted by Crippen LogP contribution is 2.27. The summed E-state index contributed by atoms with van der Waals surface area (Å²) in [6.45, 7) is 0. The Morgan fingerprint density at radius 1 is 1.53 bits per heavy atom. The zero-order valence-corrected chi connectivity index (χ0v) is 9.14. The Labute approximate surface area is 97.3 Å². The maximum absolute atomic E-state index is 11.1. The number of ether oxygens (including phenoxy) is 1. The molecule has 1 aromatic carbocycles. The summed E-state index contributed by atoms with van der Waals surface area (Å²) >= 11 is 0. The van der Waals surface area contributed by atoms with Gasteiger partial charge in [-0.05, 0) is 17.7 Å². The normalized spacial score (nSPS) is 9.94. The molecule has 1 heterocycles. The van der Waals surface area contributed by atoms with E-state index in [0.717, 1.165) is 5.56 Å². The molecule has 1 amide bonds. The summed E-state index contributed by atoms with van der Waals surface area (Å²) in [7, 11) is 1.30. The Morgan fingerprint density at radius 3 is 3.00 bits per heavy atom. The first-order valence-corrected chi connectivity index (χ1v) is 4.86. The number of aromatic nitrogens is 1. The number of carbonyl (C=O) groups is 1. The number of hydrogen-bond acceptors (Lipinski definition) is 5. The number of benzene rings is 1. The molecule has 0 unspecified atom stereocenters. The van der Waals surface area contributed by atoms with Crippen LogP contribution in [0.2, 0.25) is 0 Å². The summed E-state index contributed by atoms with van der Waals surface area (Å²) in [6.07, 6.45) is 0.993. The molecule has 0 aliphatic rings. The number of anilines is 2. The average Bonchev–Trinajstić information content (AvgIpc) is 2.75. The lowest BCUT2D eigenvalue weighted by Crippen LogP contribution is -2.10. The Bertz CT molecular complexity index is 536. The quantitative estimate of drug-likeness (QED) is 0.828. The van der Waals surface area contributed by atoms with Crippen molar-refractivity contribution in [3.8, 4) is 11.1 Å². The fraction of sp³-hybridized carbons (Fsp3) is 0.0909. The summed E-state index contributed by atoms with van der Waals surface area (Å²) in [4.78, 5) is 11.1. The van der Waals surface area contributed by atoms with Crippen molar-refractivity contribution in [3.63, 3.8) is 0 Å². The molecule has 1 aromatic heterocycles. The van der Waals surface area contributed by atoms with Crippen molar-refractivity contribution in [2.24, 2.45) is 0 Å². The van der Waals surface area contributed by atoms with Crippen molar-refractivity contribution in [2.75, 3.05) is 18.2 Å². The minimum atomic E-state index is -0.527. The molecule has 17 heavy (non-hydrogen) atoms. The van der Waals surface area contributed by atoms with E-state index in [-0.39, 0.29) is 5.88 Å². The van der Waals surface area contributed by atoms with Gasteiger partial charge in [-0.25, -0.2) is 4.79 Å². The lowest BCUT2D eigenvalue weighted by Gasteiger charge is -2.05. The van der Waals surface area contributed by atoms with Gasteiger partial charge in [-0.3, -0.25) is 5.32 Å². The van der Waals surface area contributed by atoms with E-state index in [2.05, 4.69) is 15.2 Å². The monoisotopic (exact) mass is 233 g/mol. The highest BCUT2D eigenvalue weighted by molar-refractivity contribution is 5.86. The number of methoxy groups -OCH3 is 1. The molecule has 88 valence electrons. The molecular formula is C11H11N3O3. The van der Waals surface area contributed by atoms with Crippen molar-refractivity contribution in [3.05, 3.63) is 30.5 Å². The molecule has 0 saturated heterocycles. The Hall–Kier alpha value is -2.50. The van der Waals surface area contributed by atoms with Crippen LogP contribution >= 0.6 is 0 Å². The standard InChI is InChI=1S/C11H11N3O3/c1-16-11(15)14-8-4-2-3-7(5-8)9-6-13-17-10(9)12/h2-6H,12H2,1H3,(H,14,15). The molecule has 0 atom stereocenters. The second-order valence-corrected chi connectivity index (χ2v) is 3.30. The van der Waals surface area contributed by atoms with Crippen molar-refractivity contribution in [1.82, 2.24) is 5.16 Å². The molecule has 0 fully saturated rings. The van der Waals surface area contributed by atoms with Crippen molar-refractivity contribution >= 4 is 17.7 Å². The predicted octanol–water partition coefficient (Wildman–Crippen LogP) is 2.10. The zero-order valence-electron chi connectivity index (χ0n) is 9.14. The topological polar surface area (TPSA) is 90.4 Å². The van der Waals surface area contributed by atoms with Gasteiger partial charge in [0, 0.05) is 5.69 Å². The fourth-order valence-electron chi connectivity index (χ4n) is 1.40. The van der Waals surface area contributed by atoms with Gasteiger partial charge in [0.2, 0.25) is 5.88 Å². The van der Waals surface area contributed by atoms with Gasteiger partial charge in [-0.15, -0.1) is 0 Å². The lowest BCUT2D eigenvalue weighted by molar-refractivity contribution is 0.187. The van der Waals surface area contributed by atoms with Gasteiger partial charge in [0.25, 0.3) is 0 Å². The number of amides is 1. The number of nitrogen functional groups attached to an aromatic ring is 1. The third-order valence-electron chi connectivity index (χ3n) is 2.20. The first-order valence-electron chi connectivity index (χ1n) is 4.86. The molecule has 6 nitrogen and oxygen atoms in total. The minimum Gasteiger partial charge on any atom is -0.453 e. The van der Waals surface area contributed by atoms with Crippen LogP contribution in [0.3, 0.4) is 0 Å². The highest BCUT2D eigenvalue weighted by atomic mass is 16.5. The van der Waals surface area contributed by atoms with Gasteiger partial charge in [0.15, 0.2) is 0 Å². The molecule has 0 aliphatic heterocycles. The smallest absolute Gasteiger partial charge is 0.411 e. The fourth-order valence-corrected chi connectivity index (χ4v) is 1.40. The summed E-state index contributed by atoms with van der Waals surface area (Å²) in [6, 6.07) is 7.11. The molecular weight excluding hydrogens is 222 g/mol. The van der Waals surface area contributed by atoms with Crippen molar-refractivity contribution in [2.45, 2.75) is 0 Å². The van der Waals surface area contributed by atoms with Gasteiger partial charge >= 0.3 is 6.09 Å². The van der Waals surface area contributed by atoms with Gasteiger partial charge in [0.1, 0.15) is 0 Å². The Morgan fingerprint density at radius 2 is 2.35 bits per heavy atom. The number of nitrogens with zero attached hydrogens (tertiary/aromatic N) is 1. The molecule has 0 saturated carbocycles. The maximum Gasteiger partial charge on any atom is 0.411 e. The number of nitrogens with one attached hydrogen (secondary N) is 1. The van der Waals surface area contributed by atoms with Crippen LogP contribution in [0, 0.1) is 0 Å². The number of hydrogen-bond donors (Lipinski definition) is 2. The largest absolute Gasteiger partial charge is 0.453 e. The Kier molecular flexibility index (Phi) is 2.95. The molecule has 0 aliphatic carbocycles. The number of carbonyl (C=O) groups excluding carboxylic acids is 1.